The van der Waals surface area contributed by atoms with Crippen molar-refractivity contribution in [3.63, 3.8) is 0 Å². The average molecular weight is 272 g/mol. The highest BCUT2D eigenvalue weighted by molar-refractivity contribution is 5.92. The summed E-state index contributed by atoms with van der Waals surface area (Å²) in [5.74, 6) is 0.963. The molecule has 3 heterocycles. The first-order chi connectivity index (χ1) is 9.81. The molecule has 1 amide bonds. The van der Waals surface area contributed by atoms with Gasteiger partial charge in [0.15, 0.2) is 0 Å². The number of carbonyl (C=O) groups excluding carboxylic acids is 1. The van der Waals surface area contributed by atoms with E-state index in [1.165, 1.54) is 0 Å². The standard InChI is InChI=1S/C13H16N6O/c20-13(18-10-3-5-14-6-4-10)7-15-11-1-2-12-16-9-17-19(12)8-11/h3-6,9,11,15H,1-2,7-8H2,(H,14,18,20). The molecule has 0 saturated heterocycles. The number of rotatable bonds is 4. The van der Waals surface area contributed by atoms with Crippen LogP contribution in [0.1, 0.15) is 12.2 Å². The van der Waals surface area contributed by atoms with E-state index in [9.17, 15) is 4.79 Å². The maximum atomic E-state index is 11.8. The highest BCUT2D eigenvalue weighted by Gasteiger charge is 2.19. The molecule has 2 aromatic heterocycles. The second-order valence-corrected chi connectivity index (χ2v) is 4.76. The molecule has 1 atom stereocenters. The number of hydrogen-bond donors (Lipinski definition) is 2. The second kappa shape index (κ2) is 5.79. The van der Waals surface area contributed by atoms with Crippen molar-refractivity contribution in [1.82, 2.24) is 25.1 Å². The van der Waals surface area contributed by atoms with Crippen molar-refractivity contribution >= 4 is 11.6 Å². The number of pyridine rings is 1. The number of nitrogens with zero attached hydrogens (tertiary/aromatic N) is 4. The summed E-state index contributed by atoms with van der Waals surface area (Å²) in [6.45, 7) is 1.05. The maximum Gasteiger partial charge on any atom is 0.238 e. The molecule has 0 saturated carbocycles. The molecule has 0 fully saturated rings. The summed E-state index contributed by atoms with van der Waals surface area (Å²) in [4.78, 5) is 19.9. The number of amides is 1. The van der Waals surface area contributed by atoms with Crippen LogP contribution < -0.4 is 10.6 Å². The van der Waals surface area contributed by atoms with Crippen LogP contribution >= 0.6 is 0 Å². The summed E-state index contributed by atoms with van der Waals surface area (Å²) < 4.78 is 1.89. The molecular weight excluding hydrogens is 256 g/mol. The third-order valence-electron chi connectivity index (χ3n) is 3.32. The number of hydrogen-bond acceptors (Lipinski definition) is 5. The summed E-state index contributed by atoms with van der Waals surface area (Å²) in [7, 11) is 0. The van der Waals surface area contributed by atoms with Crippen LogP contribution in [-0.2, 0) is 17.8 Å². The number of anilines is 1. The van der Waals surface area contributed by atoms with Crippen LogP contribution in [0.15, 0.2) is 30.9 Å². The molecule has 1 unspecified atom stereocenters. The molecule has 1 aliphatic heterocycles. The Morgan fingerprint density at radius 2 is 2.25 bits per heavy atom. The summed E-state index contributed by atoms with van der Waals surface area (Å²) in [6, 6.07) is 3.79. The second-order valence-electron chi connectivity index (χ2n) is 4.76. The minimum Gasteiger partial charge on any atom is -0.325 e. The first-order valence-electron chi connectivity index (χ1n) is 6.61. The molecule has 2 aromatic rings. The molecule has 2 N–H and O–H groups in total. The van der Waals surface area contributed by atoms with E-state index in [0.29, 0.717) is 0 Å². The Balaban J connectivity index is 1.47. The van der Waals surface area contributed by atoms with Crippen molar-refractivity contribution < 1.29 is 4.79 Å². The lowest BCUT2D eigenvalue weighted by Crippen LogP contribution is -2.41. The molecule has 0 aliphatic carbocycles. The van der Waals surface area contributed by atoms with E-state index in [1.54, 1.807) is 30.9 Å². The zero-order chi connectivity index (χ0) is 13.8. The van der Waals surface area contributed by atoms with E-state index >= 15 is 0 Å². The van der Waals surface area contributed by atoms with E-state index in [-0.39, 0.29) is 18.5 Å². The first kappa shape index (κ1) is 12.7. The van der Waals surface area contributed by atoms with Crippen LogP contribution in [0.2, 0.25) is 0 Å². The number of aromatic nitrogens is 4. The van der Waals surface area contributed by atoms with Gasteiger partial charge in [-0.3, -0.25) is 9.78 Å². The van der Waals surface area contributed by atoms with Gasteiger partial charge >= 0.3 is 0 Å². The van der Waals surface area contributed by atoms with Crippen molar-refractivity contribution in [3.8, 4) is 0 Å². The quantitative estimate of drug-likeness (QED) is 0.831. The van der Waals surface area contributed by atoms with Gasteiger partial charge in [0.2, 0.25) is 5.91 Å². The van der Waals surface area contributed by atoms with Gasteiger partial charge in [0.1, 0.15) is 12.2 Å². The van der Waals surface area contributed by atoms with Crippen molar-refractivity contribution in [3.05, 3.63) is 36.7 Å². The molecule has 0 radical (unpaired) electrons. The normalized spacial score (nSPS) is 17.5. The summed E-state index contributed by atoms with van der Waals surface area (Å²) in [5, 5.41) is 10.2. The van der Waals surface area contributed by atoms with E-state index in [1.807, 2.05) is 4.68 Å². The Bertz CT molecular complexity index is 582. The molecule has 7 heteroatoms. The summed E-state index contributed by atoms with van der Waals surface area (Å²) >= 11 is 0. The lowest BCUT2D eigenvalue weighted by molar-refractivity contribution is -0.115. The van der Waals surface area contributed by atoms with Gasteiger partial charge in [-0.25, -0.2) is 9.67 Å². The zero-order valence-corrected chi connectivity index (χ0v) is 11.0. The molecule has 0 aromatic carbocycles. The highest BCUT2D eigenvalue weighted by Crippen LogP contribution is 2.11. The van der Waals surface area contributed by atoms with E-state index in [4.69, 9.17) is 0 Å². The van der Waals surface area contributed by atoms with Crippen LogP contribution in [-0.4, -0.2) is 38.2 Å². The molecule has 0 bridgehead atoms. The minimum absolute atomic E-state index is 0.0550. The lowest BCUT2D eigenvalue weighted by Gasteiger charge is -2.23. The number of aryl methyl sites for hydroxylation is 1. The van der Waals surface area contributed by atoms with Gasteiger partial charge in [0, 0.05) is 30.5 Å². The van der Waals surface area contributed by atoms with Gasteiger partial charge < -0.3 is 10.6 Å². The Morgan fingerprint density at radius 1 is 1.40 bits per heavy atom. The minimum atomic E-state index is -0.0550. The first-order valence-corrected chi connectivity index (χ1v) is 6.61. The third-order valence-corrected chi connectivity index (χ3v) is 3.32. The maximum absolute atomic E-state index is 11.8. The van der Waals surface area contributed by atoms with Gasteiger partial charge in [-0.2, -0.15) is 5.10 Å². The van der Waals surface area contributed by atoms with Crippen molar-refractivity contribution in [1.29, 1.82) is 0 Å². The molecule has 7 nitrogen and oxygen atoms in total. The zero-order valence-electron chi connectivity index (χ0n) is 11.0. The molecular formula is C13H16N6O. The Kier molecular flexibility index (Phi) is 3.69. The van der Waals surface area contributed by atoms with Crippen molar-refractivity contribution in [2.45, 2.75) is 25.4 Å². The van der Waals surface area contributed by atoms with Crippen molar-refractivity contribution in [2.24, 2.45) is 0 Å². The Hall–Kier alpha value is -2.28. The number of nitrogens with one attached hydrogen (secondary N) is 2. The molecule has 3 rings (SSSR count). The van der Waals surface area contributed by atoms with Gasteiger partial charge in [-0.1, -0.05) is 0 Å². The predicted octanol–water partition coefficient (Wildman–Crippen LogP) is 0.216. The highest BCUT2D eigenvalue weighted by atomic mass is 16.1. The monoisotopic (exact) mass is 272 g/mol. The van der Waals surface area contributed by atoms with Crippen molar-refractivity contribution in [2.75, 3.05) is 11.9 Å². The molecule has 1 aliphatic rings. The lowest BCUT2D eigenvalue weighted by atomic mass is 10.1. The van der Waals surface area contributed by atoms with Gasteiger partial charge in [-0.05, 0) is 18.6 Å². The fourth-order valence-electron chi connectivity index (χ4n) is 2.28. The molecule has 20 heavy (non-hydrogen) atoms. The third kappa shape index (κ3) is 3.00. The molecule has 0 spiro atoms. The van der Waals surface area contributed by atoms with E-state index in [0.717, 1.165) is 30.9 Å². The predicted molar refractivity (Wildman–Crippen MR) is 73.0 cm³/mol. The fraction of sp³-hybridized carbons (Fsp3) is 0.385. The Morgan fingerprint density at radius 3 is 3.10 bits per heavy atom. The average Bonchev–Trinajstić information content (AvgIpc) is 2.93. The van der Waals surface area contributed by atoms with Gasteiger partial charge in [-0.15, -0.1) is 0 Å². The van der Waals surface area contributed by atoms with Crippen LogP contribution in [0, 0.1) is 0 Å². The summed E-state index contributed by atoms with van der Waals surface area (Å²) in [5.41, 5.74) is 0.758. The van der Waals surface area contributed by atoms with Crippen LogP contribution in [0.25, 0.3) is 0 Å². The number of carbonyl (C=O) groups is 1. The fourth-order valence-corrected chi connectivity index (χ4v) is 2.28. The van der Waals surface area contributed by atoms with E-state index < -0.39 is 0 Å². The number of fused-ring (bicyclic) bond motifs is 1. The van der Waals surface area contributed by atoms with E-state index in [2.05, 4.69) is 25.7 Å². The van der Waals surface area contributed by atoms with Gasteiger partial charge in [0.05, 0.1) is 13.1 Å². The molecule has 104 valence electrons. The topological polar surface area (TPSA) is 84.7 Å². The van der Waals surface area contributed by atoms with Crippen LogP contribution in [0.3, 0.4) is 0 Å². The van der Waals surface area contributed by atoms with Gasteiger partial charge in [0.25, 0.3) is 0 Å². The van der Waals surface area contributed by atoms with Crippen LogP contribution in [0.4, 0.5) is 5.69 Å². The van der Waals surface area contributed by atoms with Crippen LogP contribution in [0.5, 0.6) is 0 Å². The summed E-state index contributed by atoms with van der Waals surface area (Å²) in [6.07, 6.45) is 6.74. The Labute approximate surface area is 116 Å². The largest absolute Gasteiger partial charge is 0.325 e. The smallest absolute Gasteiger partial charge is 0.238 e. The SMILES string of the molecule is O=C(CNC1CCc2ncnn2C1)Nc1ccncc1.